The molecule has 2 aliphatic rings. The second-order valence-electron chi connectivity index (χ2n) is 7.71. The molecular formula is C22H24F2N2O4. The van der Waals surface area contributed by atoms with Crippen molar-refractivity contribution in [1.29, 1.82) is 0 Å². The number of fused-ring (bicyclic) bond motifs is 1. The normalized spacial score (nSPS) is 16.0. The van der Waals surface area contributed by atoms with Gasteiger partial charge in [0.2, 0.25) is 11.7 Å². The van der Waals surface area contributed by atoms with Crippen molar-refractivity contribution in [2.24, 2.45) is 0 Å². The first-order chi connectivity index (χ1) is 14.5. The molecule has 1 aromatic heterocycles. The molecule has 6 nitrogen and oxygen atoms in total. The molecule has 0 radical (unpaired) electrons. The van der Waals surface area contributed by atoms with Crippen LogP contribution in [0.3, 0.4) is 0 Å². The number of anilines is 1. The summed E-state index contributed by atoms with van der Waals surface area (Å²) in [4.78, 5) is 16.9. The molecule has 8 heteroatoms. The van der Waals surface area contributed by atoms with Gasteiger partial charge in [-0.05, 0) is 48.8 Å². The highest BCUT2D eigenvalue weighted by Crippen LogP contribution is 2.35. The van der Waals surface area contributed by atoms with Crippen molar-refractivity contribution in [1.82, 2.24) is 4.98 Å². The first-order valence-electron chi connectivity index (χ1n) is 10.1. The van der Waals surface area contributed by atoms with E-state index in [1.807, 2.05) is 0 Å². The van der Waals surface area contributed by atoms with E-state index in [9.17, 15) is 13.6 Å². The number of benzene rings is 1. The summed E-state index contributed by atoms with van der Waals surface area (Å²) >= 11 is 0. The molecule has 0 spiro atoms. The average molecular weight is 418 g/mol. The summed E-state index contributed by atoms with van der Waals surface area (Å²) in [6.07, 6.45) is 3.52. The van der Waals surface area contributed by atoms with Gasteiger partial charge in [-0.15, -0.1) is 0 Å². The Morgan fingerprint density at radius 1 is 1.30 bits per heavy atom. The van der Waals surface area contributed by atoms with Crippen molar-refractivity contribution in [3.63, 3.8) is 0 Å². The summed E-state index contributed by atoms with van der Waals surface area (Å²) in [6, 6.07) is 4.86. The highest BCUT2D eigenvalue weighted by molar-refractivity contribution is 5.67. The second-order valence-corrected chi connectivity index (χ2v) is 7.71. The molecule has 1 aliphatic heterocycles. The molecule has 2 aromatic rings. The Morgan fingerprint density at radius 3 is 2.77 bits per heavy atom. The number of rotatable bonds is 7. The van der Waals surface area contributed by atoms with Gasteiger partial charge < -0.3 is 19.5 Å². The van der Waals surface area contributed by atoms with Crippen LogP contribution < -0.4 is 14.4 Å². The van der Waals surface area contributed by atoms with E-state index in [-0.39, 0.29) is 36.3 Å². The molecule has 1 saturated carbocycles. The third-order valence-corrected chi connectivity index (χ3v) is 5.76. The van der Waals surface area contributed by atoms with Gasteiger partial charge >= 0.3 is 5.97 Å². The Morgan fingerprint density at radius 2 is 2.10 bits per heavy atom. The number of nitrogens with zero attached hydrogens (tertiary/aromatic N) is 2. The lowest BCUT2D eigenvalue weighted by molar-refractivity contribution is -0.136. The van der Waals surface area contributed by atoms with Crippen LogP contribution in [0.5, 0.6) is 11.6 Å². The topological polar surface area (TPSA) is 71.9 Å². The SMILES string of the molecule is COc1cc(OC2CCC2)nc(N2CCc3c(ccc(CCC(=O)O)c3F)C2)c1F. The zero-order valence-corrected chi connectivity index (χ0v) is 16.8. The van der Waals surface area contributed by atoms with Crippen LogP contribution in [-0.2, 0) is 24.2 Å². The van der Waals surface area contributed by atoms with Crippen LogP contribution in [0.15, 0.2) is 18.2 Å². The number of methoxy groups -OCH3 is 1. The number of aryl methyl sites for hydroxylation is 1. The van der Waals surface area contributed by atoms with Crippen molar-refractivity contribution >= 4 is 11.8 Å². The lowest BCUT2D eigenvalue weighted by atomic mass is 9.94. The molecule has 1 aliphatic carbocycles. The summed E-state index contributed by atoms with van der Waals surface area (Å²) < 4.78 is 40.8. The van der Waals surface area contributed by atoms with E-state index >= 15 is 0 Å². The molecule has 0 bridgehead atoms. The zero-order valence-electron chi connectivity index (χ0n) is 16.8. The molecule has 160 valence electrons. The van der Waals surface area contributed by atoms with Crippen molar-refractivity contribution in [2.75, 3.05) is 18.6 Å². The van der Waals surface area contributed by atoms with Gasteiger partial charge in [0, 0.05) is 25.6 Å². The van der Waals surface area contributed by atoms with Crippen molar-refractivity contribution < 1.29 is 28.2 Å². The van der Waals surface area contributed by atoms with Crippen molar-refractivity contribution in [2.45, 2.75) is 51.2 Å². The molecule has 0 unspecified atom stereocenters. The second kappa shape index (κ2) is 8.45. The molecule has 30 heavy (non-hydrogen) atoms. The predicted octanol–water partition coefficient (Wildman–Crippen LogP) is 3.88. The van der Waals surface area contributed by atoms with Crippen LogP contribution >= 0.6 is 0 Å². The van der Waals surface area contributed by atoms with Gasteiger partial charge in [0.25, 0.3) is 0 Å². The van der Waals surface area contributed by atoms with Crippen molar-refractivity contribution in [3.8, 4) is 11.6 Å². The first kappa shape index (κ1) is 20.4. The fourth-order valence-electron chi connectivity index (χ4n) is 3.82. The number of carboxylic acid groups (broad SMARTS) is 1. The monoisotopic (exact) mass is 418 g/mol. The third-order valence-electron chi connectivity index (χ3n) is 5.76. The maximum atomic E-state index is 15.0. The highest BCUT2D eigenvalue weighted by Gasteiger charge is 2.27. The minimum absolute atomic E-state index is 0.0651. The summed E-state index contributed by atoms with van der Waals surface area (Å²) in [7, 11) is 1.40. The number of halogens is 2. The summed E-state index contributed by atoms with van der Waals surface area (Å²) in [5.41, 5.74) is 1.69. The van der Waals surface area contributed by atoms with E-state index < -0.39 is 11.8 Å². The maximum Gasteiger partial charge on any atom is 0.303 e. The highest BCUT2D eigenvalue weighted by atomic mass is 19.1. The molecule has 0 saturated heterocycles. The van der Waals surface area contributed by atoms with Crippen LogP contribution in [0.25, 0.3) is 0 Å². The number of ether oxygens (including phenoxy) is 2. The summed E-state index contributed by atoms with van der Waals surface area (Å²) in [5, 5.41) is 8.84. The summed E-state index contributed by atoms with van der Waals surface area (Å²) in [5.74, 6) is -1.37. The van der Waals surface area contributed by atoms with Crippen LogP contribution in [-0.4, -0.2) is 35.8 Å². The van der Waals surface area contributed by atoms with Crippen molar-refractivity contribution in [3.05, 3.63) is 46.5 Å². The average Bonchev–Trinajstić information content (AvgIpc) is 2.70. The molecule has 1 N–H and O–H groups in total. The van der Waals surface area contributed by atoms with E-state index in [0.717, 1.165) is 24.8 Å². The third kappa shape index (κ3) is 4.04. The molecule has 0 atom stereocenters. The molecule has 2 heterocycles. The standard InChI is InChI=1S/C22H24F2N2O4/c1-29-17-11-18(30-15-3-2-4-15)25-22(21(17)24)26-10-9-16-14(12-26)6-5-13(20(16)23)7-8-19(27)28/h5-6,11,15H,2-4,7-10,12H2,1H3,(H,27,28). The minimum Gasteiger partial charge on any atom is -0.493 e. The first-order valence-corrected chi connectivity index (χ1v) is 10.1. The lowest BCUT2D eigenvalue weighted by Crippen LogP contribution is -2.33. The minimum atomic E-state index is -0.960. The molecule has 1 aromatic carbocycles. The number of hydrogen-bond acceptors (Lipinski definition) is 5. The Balaban J connectivity index is 1.58. The molecule has 4 rings (SSSR count). The van der Waals surface area contributed by atoms with Crippen LogP contribution in [0.1, 0.15) is 42.4 Å². The zero-order chi connectivity index (χ0) is 21.3. The Kier molecular flexibility index (Phi) is 5.74. The number of aliphatic carboxylic acids is 1. The quantitative estimate of drug-likeness (QED) is 0.736. The molecule has 1 fully saturated rings. The van der Waals surface area contributed by atoms with Gasteiger partial charge in [0.1, 0.15) is 11.9 Å². The van der Waals surface area contributed by atoms with Gasteiger partial charge in [-0.3, -0.25) is 4.79 Å². The smallest absolute Gasteiger partial charge is 0.303 e. The largest absolute Gasteiger partial charge is 0.493 e. The Hall–Kier alpha value is -2.90. The predicted molar refractivity (Wildman–Crippen MR) is 106 cm³/mol. The Bertz CT molecular complexity index is 963. The number of hydrogen-bond donors (Lipinski definition) is 1. The van der Waals surface area contributed by atoms with E-state index in [1.165, 1.54) is 13.2 Å². The van der Waals surface area contributed by atoms with E-state index in [4.69, 9.17) is 14.6 Å². The fourth-order valence-corrected chi connectivity index (χ4v) is 3.82. The van der Waals surface area contributed by atoms with Crippen LogP contribution in [0, 0.1) is 11.6 Å². The summed E-state index contributed by atoms with van der Waals surface area (Å²) in [6.45, 7) is 0.678. The van der Waals surface area contributed by atoms with Crippen LogP contribution in [0.4, 0.5) is 14.6 Å². The van der Waals surface area contributed by atoms with E-state index in [2.05, 4.69) is 4.98 Å². The molecule has 0 amide bonds. The maximum absolute atomic E-state index is 15.0. The molecular weight excluding hydrogens is 394 g/mol. The lowest BCUT2D eigenvalue weighted by Gasteiger charge is -2.32. The number of carbonyl (C=O) groups is 1. The van der Waals surface area contributed by atoms with Gasteiger partial charge in [-0.2, -0.15) is 9.37 Å². The van der Waals surface area contributed by atoms with Gasteiger partial charge in [0.15, 0.2) is 11.6 Å². The van der Waals surface area contributed by atoms with Gasteiger partial charge in [0.05, 0.1) is 7.11 Å². The number of aromatic nitrogens is 1. The van der Waals surface area contributed by atoms with E-state index in [1.54, 1.807) is 17.0 Å². The Labute approximate surface area is 173 Å². The van der Waals surface area contributed by atoms with Crippen LogP contribution in [0.2, 0.25) is 0 Å². The number of carboxylic acids is 1. The fraction of sp³-hybridized carbons (Fsp3) is 0.455. The van der Waals surface area contributed by atoms with Gasteiger partial charge in [-0.1, -0.05) is 12.1 Å². The van der Waals surface area contributed by atoms with E-state index in [0.29, 0.717) is 36.5 Å². The van der Waals surface area contributed by atoms with Gasteiger partial charge in [-0.25, -0.2) is 4.39 Å². The number of pyridine rings is 1.